The highest BCUT2D eigenvalue weighted by molar-refractivity contribution is 5.07. The van der Waals surface area contributed by atoms with Crippen LogP contribution in [0.1, 0.15) is 44.8 Å². The van der Waals surface area contributed by atoms with E-state index < -0.39 is 0 Å². The maximum Gasteiger partial charge on any atom is 0.163 e. The Morgan fingerprint density at radius 1 is 1.33 bits per heavy atom. The van der Waals surface area contributed by atoms with Gasteiger partial charge in [-0.05, 0) is 31.4 Å². The lowest BCUT2D eigenvalue weighted by atomic mass is 10.1. The molecule has 0 spiro atoms. The number of hydrogen-bond acceptors (Lipinski definition) is 4. The van der Waals surface area contributed by atoms with Crippen LogP contribution in [-0.4, -0.2) is 43.9 Å². The van der Waals surface area contributed by atoms with Gasteiger partial charge < -0.3 is 13.9 Å². The molecule has 0 aliphatic carbocycles. The van der Waals surface area contributed by atoms with Gasteiger partial charge in [0, 0.05) is 44.6 Å². The summed E-state index contributed by atoms with van der Waals surface area (Å²) in [4.78, 5) is 2.46. The molecule has 1 fully saturated rings. The fourth-order valence-electron chi connectivity index (χ4n) is 3.20. The van der Waals surface area contributed by atoms with Gasteiger partial charge in [0.05, 0.1) is 6.61 Å². The number of hydrogen-bond donors (Lipinski definition) is 0. The van der Waals surface area contributed by atoms with Crippen LogP contribution >= 0.6 is 0 Å². The second-order valence-corrected chi connectivity index (χ2v) is 6.95. The molecular weight excluding hydrogens is 302 g/mol. The molecule has 6 heteroatoms. The first-order valence-corrected chi connectivity index (χ1v) is 9.03. The Hall–Kier alpha value is -1.66. The minimum Gasteiger partial charge on any atom is -0.368 e. The zero-order chi connectivity index (χ0) is 16.9. The van der Waals surface area contributed by atoms with Crippen LogP contribution in [0.5, 0.6) is 0 Å². The summed E-state index contributed by atoms with van der Waals surface area (Å²) < 4.78 is 10.4. The number of morpholine rings is 1. The second kappa shape index (κ2) is 7.94. The second-order valence-electron chi connectivity index (χ2n) is 6.95. The van der Waals surface area contributed by atoms with E-state index in [9.17, 15) is 0 Å². The van der Waals surface area contributed by atoms with Gasteiger partial charge in [0.2, 0.25) is 0 Å². The maximum absolute atomic E-state index is 5.95. The Morgan fingerprint density at radius 2 is 2.21 bits per heavy atom. The highest BCUT2D eigenvalue weighted by atomic mass is 16.5. The van der Waals surface area contributed by atoms with Gasteiger partial charge in [0.15, 0.2) is 5.82 Å². The number of aryl methyl sites for hydroxylation is 2. The van der Waals surface area contributed by atoms with Crippen molar-refractivity contribution in [1.29, 1.82) is 0 Å². The quantitative estimate of drug-likeness (QED) is 0.783. The van der Waals surface area contributed by atoms with E-state index in [-0.39, 0.29) is 6.10 Å². The van der Waals surface area contributed by atoms with E-state index in [1.807, 2.05) is 0 Å². The van der Waals surface area contributed by atoms with Crippen molar-refractivity contribution in [3.05, 3.63) is 36.2 Å². The van der Waals surface area contributed by atoms with Crippen molar-refractivity contribution in [2.75, 3.05) is 19.7 Å². The third-order valence-electron chi connectivity index (χ3n) is 4.68. The molecule has 0 amide bonds. The minimum absolute atomic E-state index is 0.0141. The lowest BCUT2D eigenvalue weighted by Gasteiger charge is -2.32. The van der Waals surface area contributed by atoms with Crippen molar-refractivity contribution in [2.45, 2.75) is 52.9 Å². The maximum atomic E-state index is 5.95. The first-order valence-electron chi connectivity index (χ1n) is 9.03. The number of rotatable bonds is 7. The predicted octanol–water partition coefficient (Wildman–Crippen LogP) is 2.72. The van der Waals surface area contributed by atoms with E-state index in [1.165, 1.54) is 12.1 Å². The summed E-state index contributed by atoms with van der Waals surface area (Å²) in [7, 11) is 0. The molecule has 3 heterocycles. The van der Waals surface area contributed by atoms with Crippen molar-refractivity contribution >= 4 is 0 Å². The van der Waals surface area contributed by atoms with Crippen molar-refractivity contribution in [3.63, 3.8) is 0 Å². The van der Waals surface area contributed by atoms with Crippen LogP contribution in [0.25, 0.3) is 0 Å². The Kier molecular flexibility index (Phi) is 5.68. The molecule has 2 aromatic rings. The molecule has 0 unspecified atom stereocenters. The van der Waals surface area contributed by atoms with Gasteiger partial charge in [0.1, 0.15) is 12.4 Å². The fourth-order valence-corrected chi connectivity index (χ4v) is 3.20. The zero-order valence-corrected chi connectivity index (χ0v) is 15.1. The summed E-state index contributed by atoms with van der Waals surface area (Å²) in [6.07, 6.45) is 5.21. The molecule has 2 aromatic heterocycles. The van der Waals surface area contributed by atoms with Gasteiger partial charge in [-0.25, -0.2) is 0 Å². The topological polar surface area (TPSA) is 48.1 Å². The summed E-state index contributed by atoms with van der Waals surface area (Å²) in [5.74, 6) is 1.67. The van der Waals surface area contributed by atoms with Gasteiger partial charge in [-0.2, -0.15) is 0 Å². The molecule has 132 valence electrons. The van der Waals surface area contributed by atoms with Crippen LogP contribution in [0.2, 0.25) is 0 Å². The molecule has 24 heavy (non-hydrogen) atoms. The molecular formula is C18H29N5O. The molecule has 6 nitrogen and oxygen atoms in total. The molecule has 1 saturated heterocycles. The van der Waals surface area contributed by atoms with Gasteiger partial charge in [-0.15, -0.1) is 10.2 Å². The largest absolute Gasteiger partial charge is 0.368 e. The molecule has 0 bridgehead atoms. The molecule has 1 atom stereocenters. The van der Waals surface area contributed by atoms with E-state index in [1.54, 1.807) is 6.33 Å². The standard InChI is InChI=1S/C18H29N5O/c1-4-22-14-19-20-18(22)17-13-21(10-11-24-17)12-16-6-5-8-23(16)9-7-15(2)3/h5-6,8,14-15,17H,4,7,9-13H2,1-3H3/t17-/m0/s1. The van der Waals surface area contributed by atoms with Crippen LogP contribution in [0, 0.1) is 5.92 Å². The molecule has 0 radical (unpaired) electrons. The van der Waals surface area contributed by atoms with Gasteiger partial charge in [-0.3, -0.25) is 4.90 Å². The average Bonchev–Trinajstić information content (AvgIpc) is 3.22. The van der Waals surface area contributed by atoms with E-state index in [4.69, 9.17) is 4.74 Å². The van der Waals surface area contributed by atoms with E-state index in [0.29, 0.717) is 0 Å². The van der Waals surface area contributed by atoms with Crippen LogP contribution in [-0.2, 0) is 24.4 Å². The average molecular weight is 331 g/mol. The van der Waals surface area contributed by atoms with Crippen molar-refractivity contribution in [1.82, 2.24) is 24.2 Å². The molecule has 0 N–H and O–H groups in total. The van der Waals surface area contributed by atoms with Crippen LogP contribution in [0.4, 0.5) is 0 Å². The highest BCUT2D eigenvalue weighted by Crippen LogP contribution is 2.22. The van der Waals surface area contributed by atoms with Gasteiger partial charge in [0.25, 0.3) is 0 Å². The molecule has 0 saturated carbocycles. The summed E-state index contributed by atoms with van der Waals surface area (Å²) >= 11 is 0. The van der Waals surface area contributed by atoms with Crippen LogP contribution < -0.4 is 0 Å². The molecule has 0 aromatic carbocycles. The Bertz CT molecular complexity index is 633. The first kappa shape index (κ1) is 17.2. The number of nitrogens with zero attached hydrogens (tertiary/aromatic N) is 5. The molecule has 3 rings (SSSR count). The normalized spacial score (nSPS) is 19.2. The smallest absolute Gasteiger partial charge is 0.163 e. The third kappa shape index (κ3) is 4.05. The summed E-state index contributed by atoms with van der Waals surface area (Å²) in [5.41, 5.74) is 1.38. The van der Waals surface area contributed by atoms with E-state index >= 15 is 0 Å². The fraction of sp³-hybridized carbons (Fsp3) is 0.667. The summed E-state index contributed by atoms with van der Waals surface area (Å²) in [5, 5.41) is 8.30. The van der Waals surface area contributed by atoms with Crippen molar-refractivity contribution in [2.24, 2.45) is 5.92 Å². The van der Waals surface area contributed by atoms with Gasteiger partial charge in [-0.1, -0.05) is 13.8 Å². The zero-order valence-electron chi connectivity index (χ0n) is 15.1. The van der Waals surface area contributed by atoms with Crippen molar-refractivity contribution < 1.29 is 4.74 Å². The van der Waals surface area contributed by atoms with Crippen LogP contribution in [0.3, 0.4) is 0 Å². The monoisotopic (exact) mass is 331 g/mol. The SMILES string of the molecule is CCn1cnnc1[C@@H]1CN(Cc2cccn2CCC(C)C)CCO1. The Morgan fingerprint density at radius 3 is 3.00 bits per heavy atom. The Balaban J connectivity index is 1.63. The number of ether oxygens (including phenoxy) is 1. The number of aromatic nitrogens is 4. The lowest BCUT2D eigenvalue weighted by molar-refractivity contribution is -0.0395. The molecule has 1 aliphatic heterocycles. The third-order valence-corrected chi connectivity index (χ3v) is 4.68. The van der Waals surface area contributed by atoms with Crippen molar-refractivity contribution in [3.8, 4) is 0 Å². The first-order chi connectivity index (χ1) is 11.7. The van der Waals surface area contributed by atoms with E-state index in [2.05, 4.69) is 63.3 Å². The summed E-state index contributed by atoms with van der Waals surface area (Å²) in [6.45, 7) is 12.2. The molecule has 1 aliphatic rings. The highest BCUT2D eigenvalue weighted by Gasteiger charge is 2.26. The van der Waals surface area contributed by atoms with E-state index in [0.717, 1.165) is 51.1 Å². The van der Waals surface area contributed by atoms with Gasteiger partial charge >= 0.3 is 0 Å². The minimum atomic E-state index is 0.0141. The van der Waals surface area contributed by atoms with Crippen LogP contribution in [0.15, 0.2) is 24.7 Å². The predicted molar refractivity (Wildman–Crippen MR) is 93.6 cm³/mol. The Labute approximate surface area is 144 Å². The lowest BCUT2D eigenvalue weighted by Crippen LogP contribution is -2.39. The summed E-state index contributed by atoms with van der Waals surface area (Å²) in [6, 6.07) is 4.39.